The van der Waals surface area contributed by atoms with E-state index in [1.807, 2.05) is 20.8 Å². The van der Waals surface area contributed by atoms with Crippen molar-refractivity contribution in [1.82, 2.24) is 0 Å². The molecule has 9 fully saturated rings. The highest BCUT2D eigenvalue weighted by atomic mass is 16.7. The van der Waals surface area contributed by atoms with Gasteiger partial charge in [0.05, 0.1) is 50.3 Å². The summed E-state index contributed by atoms with van der Waals surface area (Å²) in [5, 5.41) is 0. The average Bonchev–Trinajstić information content (AvgIpc) is 4.00. The first-order chi connectivity index (χ1) is 24.0. The predicted molar refractivity (Wildman–Crippen MR) is 220 cm³/mol. The molecular weight excluding hydrogens is 664 g/mol. The fraction of sp³-hybridized carbons (Fsp3) is 1.00. The molecule has 0 aromatic rings. The van der Waals surface area contributed by atoms with E-state index in [1.165, 1.54) is 69.6 Å². The second-order valence-corrected chi connectivity index (χ2v) is 18.0. The van der Waals surface area contributed by atoms with Crippen LogP contribution in [0.25, 0.3) is 0 Å². The molecule has 14 unspecified atom stereocenters. The lowest BCUT2D eigenvalue weighted by Gasteiger charge is -2.26. The quantitative estimate of drug-likeness (QED) is 0.154. The Bertz CT molecular complexity index is 987. The minimum absolute atomic E-state index is 0. The molecule has 5 saturated carbocycles. The lowest BCUT2D eigenvalue weighted by atomic mass is 9.76. The van der Waals surface area contributed by atoms with E-state index in [0.717, 1.165) is 80.6 Å². The molecule has 0 radical (unpaired) electrons. The summed E-state index contributed by atoms with van der Waals surface area (Å²) in [6.45, 7) is 24.1. The normalized spacial score (nSPS) is 40.9. The lowest BCUT2D eigenvalue weighted by molar-refractivity contribution is -0.144. The Morgan fingerprint density at radius 1 is 0.717 bits per heavy atom. The summed E-state index contributed by atoms with van der Waals surface area (Å²) in [5.74, 6) is 7.87. The first-order valence-corrected chi connectivity index (χ1v) is 21.4. The van der Waals surface area contributed by atoms with Crippen molar-refractivity contribution in [2.45, 2.75) is 210 Å². The summed E-state index contributed by atoms with van der Waals surface area (Å²) in [7, 11) is 0. The van der Waals surface area contributed by atoms with E-state index in [2.05, 4.69) is 41.5 Å². The van der Waals surface area contributed by atoms with Crippen LogP contribution in [0.4, 0.5) is 0 Å². The summed E-state index contributed by atoms with van der Waals surface area (Å²) < 4.78 is 37.4. The molecule has 4 aliphatic heterocycles. The largest absolute Gasteiger partial charge is 0.379 e. The van der Waals surface area contributed by atoms with E-state index < -0.39 is 5.79 Å². The zero-order chi connectivity index (χ0) is 35.9. The molecule has 53 heavy (non-hydrogen) atoms. The number of hydrogen-bond acceptors (Lipinski definition) is 7. The second kappa shape index (κ2) is 22.6. The molecule has 7 heteroatoms. The molecule has 0 aromatic carbocycles. The maximum absolute atomic E-state index is 5.69. The van der Waals surface area contributed by atoms with Crippen molar-refractivity contribution < 1.29 is 33.2 Å². The molecule has 9 aliphatic rings. The lowest BCUT2D eigenvalue weighted by Crippen LogP contribution is -2.24. The van der Waals surface area contributed by atoms with Gasteiger partial charge in [0.25, 0.3) is 0 Å². The van der Waals surface area contributed by atoms with Gasteiger partial charge in [-0.25, -0.2) is 0 Å². The van der Waals surface area contributed by atoms with E-state index >= 15 is 0 Å². The van der Waals surface area contributed by atoms with Gasteiger partial charge in [0, 0.05) is 13.2 Å². The first-order valence-electron chi connectivity index (χ1n) is 21.4. The molecule has 316 valence electrons. The van der Waals surface area contributed by atoms with Crippen molar-refractivity contribution >= 4 is 0 Å². The van der Waals surface area contributed by atoms with Crippen molar-refractivity contribution in [2.75, 3.05) is 39.6 Å². The number of fused-ring (bicyclic) bond motifs is 7. The minimum atomic E-state index is -0.415. The topological polar surface area (TPSA) is 74.5 Å². The summed E-state index contributed by atoms with van der Waals surface area (Å²) in [5.41, 5.74) is 0.309. The fourth-order valence-corrected chi connectivity index (χ4v) is 9.66. The highest BCUT2D eigenvalue weighted by molar-refractivity contribution is 5.10. The Morgan fingerprint density at radius 3 is 1.98 bits per heavy atom. The van der Waals surface area contributed by atoms with Gasteiger partial charge in [0.1, 0.15) is 12.2 Å². The number of epoxide rings is 3. The Labute approximate surface area is 329 Å². The van der Waals surface area contributed by atoms with Crippen LogP contribution in [0.5, 0.6) is 0 Å². The fourth-order valence-electron chi connectivity index (χ4n) is 9.66. The van der Waals surface area contributed by atoms with Crippen LogP contribution in [0, 0.1) is 47.3 Å². The molecule has 0 spiro atoms. The van der Waals surface area contributed by atoms with Crippen LogP contribution >= 0.6 is 0 Å². The average molecular weight is 755 g/mol. The standard InChI is InChI=1S/C11H20O.C9H14O.C9H16.C8H16O3.C6H12O2.3CH4/c1-4-8(2)9-5-6-11(3)10(7-9)12-11;1-2-5-3-6-4-7(5)9-8(6)10-9;1-2-7-3-4-8-6-9(8)5-7;1-4-9-5-7-6-10-8(2,3)11-7;1-2-3-7-4-6-5-8-6;;;/h8-10H,4-7H2,1-3H3;5-9H,2-4H2,1H3;7-9H,2-6H2,1H3;7H,4-6H2,1-3H3;6H,2-5H2,1H3;3*1H4. The summed E-state index contributed by atoms with van der Waals surface area (Å²) in [4.78, 5) is 0. The molecule has 14 atom stereocenters. The van der Waals surface area contributed by atoms with Crippen LogP contribution in [0.3, 0.4) is 0 Å². The van der Waals surface area contributed by atoms with Gasteiger partial charge in [-0.2, -0.15) is 0 Å². The van der Waals surface area contributed by atoms with E-state index in [0.29, 0.717) is 31.0 Å². The van der Waals surface area contributed by atoms with Gasteiger partial charge in [-0.1, -0.05) is 82.6 Å². The van der Waals surface area contributed by atoms with Crippen LogP contribution in [-0.4, -0.2) is 81.5 Å². The van der Waals surface area contributed by atoms with Gasteiger partial charge >= 0.3 is 0 Å². The predicted octanol–water partition coefficient (Wildman–Crippen LogP) is 11.5. The van der Waals surface area contributed by atoms with Crippen LogP contribution in [0.1, 0.15) is 168 Å². The first kappa shape index (κ1) is 48.9. The monoisotopic (exact) mass is 755 g/mol. The third-order valence-corrected chi connectivity index (χ3v) is 13.6. The van der Waals surface area contributed by atoms with Crippen LogP contribution < -0.4 is 0 Å². The van der Waals surface area contributed by atoms with Crippen molar-refractivity contribution in [3.63, 3.8) is 0 Å². The van der Waals surface area contributed by atoms with Crippen molar-refractivity contribution in [2.24, 2.45) is 47.3 Å². The van der Waals surface area contributed by atoms with Gasteiger partial charge < -0.3 is 33.2 Å². The molecule has 5 aliphatic carbocycles. The van der Waals surface area contributed by atoms with E-state index in [1.54, 1.807) is 19.3 Å². The molecule has 0 amide bonds. The van der Waals surface area contributed by atoms with Gasteiger partial charge in [-0.15, -0.1) is 0 Å². The molecule has 9 rings (SSSR count). The maximum atomic E-state index is 5.69. The molecule has 0 aromatic heterocycles. The van der Waals surface area contributed by atoms with Gasteiger partial charge in [0.2, 0.25) is 0 Å². The maximum Gasteiger partial charge on any atom is 0.163 e. The minimum Gasteiger partial charge on any atom is -0.379 e. The van der Waals surface area contributed by atoms with Crippen LogP contribution in [-0.2, 0) is 33.2 Å². The third-order valence-electron chi connectivity index (χ3n) is 13.6. The van der Waals surface area contributed by atoms with E-state index in [-0.39, 0.29) is 28.4 Å². The smallest absolute Gasteiger partial charge is 0.163 e. The third kappa shape index (κ3) is 14.9. The number of ether oxygens (including phenoxy) is 7. The van der Waals surface area contributed by atoms with Crippen molar-refractivity contribution in [3.8, 4) is 0 Å². The SMILES string of the molecule is C.C.C.CCC(C)C1CCC2(C)OC2C1.CCC1CC2CC1C1OC21.CCC1CCC2CC2C1.CCCOCC1CO1.CCOCC1COC(C)(C)O1. The number of rotatable bonds is 11. The highest BCUT2D eigenvalue weighted by Crippen LogP contribution is 2.59. The molecule has 2 bridgehead atoms. The zero-order valence-electron chi connectivity index (χ0n) is 33.8. The Balaban J connectivity index is 0.000000227. The van der Waals surface area contributed by atoms with Crippen LogP contribution in [0.15, 0.2) is 0 Å². The number of hydrogen-bond donors (Lipinski definition) is 0. The van der Waals surface area contributed by atoms with Crippen molar-refractivity contribution in [1.29, 1.82) is 0 Å². The molecule has 7 nitrogen and oxygen atoms in total. The molecule has 4 heterocycles. The van der Waals surface area contributed by atoms with Crippen molar-refractivity contribution in [3.05, 3.63) is 0 Å². The highest BCUT2D eigenvalue weighted by Gasteiger charge is 2.62. The Morgan fingerprint density at radius 2 is 1.45 bits per heavy atom. The van der Waals surface area contributed by atoms with E-state index in [9.17, 15) is 0 Å². The zero-order valence-corrected chi connectivity index (χ0v) is 33.8. The summed E-state index contributed by atoms with van der Waals surface area (Å²) in [6.07, 6.45) is 21.1. The van der Waals surface area contributed by atoms with Gasteiger partial charge in [0.15, 0.2) is 5.79 Å². The van der Waals surface area contributed by atoms with Crippen LogP contribution in [0.2, 0.25) is 0 Å². The summed E-state index contributed by atoms with van der Waals surface area (Å²) in [6, 6.07) is 0. The van der Waals surface area contributed by atoms with E-state index in [4.69, 9.17) is 33.2 Å². The Kier molecular flexibility index (Phi) is 20.8. The Hall–Kier alpha value is -0.280. The van der Waals surface area contributed by atoms with Gasteiger partial charge in [-0.3, -0.25) is 0 Å². The summed E-state index contributed by atoms with van der Waals surface area (Å²) >= 11 is 0. The molecular formula is C46H90O7. The second-order valence-electron chi connectivity index (χ2n) is 18.0. The van der Waals surface area contributed by atoms with Gasteiger partial charge in [-0.05, 0) is 133 Å². The molecule has 4 saturated heterocycles. The molecule has 0 N–H and O–H groups in total.